The van der Waals surface area contributed by atoms with Crippen LogP contribution in [0.3, 0.4) is 0 Å². The maximum absolute atomic E-state index is 13.0. The van der Waals surface area contributed by atoms with Gasteiger partial charge in [-0.2, -0.15) is 0 Å². The zero-order valence-corrected chi connectivity index (χ0v) is 21.4. The highest BCUT2D eigenvalue weighted by Crippen LogP contribution is 2.37. The highest BCUT2D eigenvalue weighted by atomic mass is 16.7. The molecule has 9 heteroatoms. The normalized spacial score (nSPS) is 30.3. The fourth-order valence-corrected chi connectivity index (χ4v) is 4.37. The van der Waals surface area contributed by atoms with E-state index >= 15 is 0 Å². The van der Waals surface area contributed by atoms with Crippen molar-refractivity contribution in [3.63, 3.8) is 0 Å². The van der Waals surface area contributed by atoms with Gasteiger partial charge in [0, 0.05) is 6.54 Å². The summed E-state index contributed by atoms with van der Waals surface area (Å²) in [6, 6.07) is 7.45. The molecule has 0 aromatic heterocycles. The van der Waals surface area contributed by atoms with Crippen LogP contribution in [0.2, 0.25) is 0 Å². The van der Waals surface area contributed by atoms with Gasteiger partial charge in [-0.15, -0.1) is 0 Å². The molecule has 0 spiro atoms. The van der Waals surface area contributed by atoms with Gasteiger partial charge in [0.15, 0.2) is 5.54 Å². The van der Waals surface area contributed by atoms with Gasteiger partial charge in [0.1, 0.15) is 11.4 Å². The van der Waals surface area contributed by atoms with Crippen LogP contribution in [-0.4, -0.2) is 54.2 Å². The Morgan fingerprint density at radius 1 is 1.09 bits per heavy atom. The van der Waals surface area contributed by atoms with Crippen molar-refractivity contribution in [3.05, 3.63) is 29.8 Å². The Kier molecular flexibility index (Phi) is 5.98. The van der Waals surface area contributed by atoms with Gasteiger partial charge in [0.2, 0.25) is 0 Å². The number of amidine groups is 1. The molecule has 3 atom stereocenters. The van der Waals surface area contributed by atoms with Gasteiger partial charge in [-0.3, -0.25) is 9.59 Å². The van der Waals surface area contributed by atoms with Gasteiger partial charge in [-0.1, -0.05) is 24.3 Å². The number of esters is 1. The molecule has 0 radical (unpaired) electrons. The number of nitrogens with zero attached hydrogens (tertiary/aromatic N) is 1. The van der Waals surface area contributed by atoms with Crippen LogP contribution >= 0.6 is 0 Å². The van der Waals surface area contributed by atoms with Gasteiger partial charge in [-0.05, 0) is 72.8 Å². The minimum atomic E-state index is -1.05. The molecule has 0 saturated carbocycles. The van der Waals surface area contributed by atoms with Crippen molar-refractivity contribution < 1.29 is 23.6 Å². The maximum atomic E-state index is 13.0. The molecule has 3 heterocycles. The number of hydrogen-bond donors (Lipinski definition) is 2. The summed E-state index contributed by atoms with van der Waals surface area (Å²) in [7, 11) is -0.462. The summed E-state index contributed by atoms with van der Waals surface area (Å²) < 4.78 is 17.8. The third-order valence-electron chi connectivity index (χ3n) is 7.23. The second kappa shape index (κ2) is 8.17. The maximum Gasteiger partial charge on any atom is 0.494 e. The van der Waals surface area contributed by atoms with Crippen molar-refractivity contribution in [1.82, 2.24) is 10.6 Å². The van der Waals surface area contributed by atoms with Crippen molar-refractivity contribution in [2.24, 2.45) is 10.9 Å². The summed E-state index contributed by atoms with van der Waals surface area (Å²) in [4.78, 5) is 30.2. The summed E-state index contributed by atoms with van der Waals surface area (Å²) in [6.07, 6.45) is 0.533. The van der Waals surface area contributed by atoms with E-state index < -0.39 is 29.5 Å². The van der Waals surface area contributed by atoms with E-state index in [1.807, 2.05) is 72.7 Å². The Morgan fingerprint density at radius 2 is 1.68 bits per heavy atom. The number of aliphatic imine (C=N–C) groups is 1. The lowest BCUT2D eigenvalue weighted by Gasteiger charge is -2.32. The van der Waals surface area contributed by atoms with E-state index in [0.717, 1.165) is 11.0 Å². The average Bonchev–Trinajstić information content (AvgIpc) is 3.37. The van der Waals surface area contributed by atoms with E-state index in [1.165, 1.54) is 0 Å². The van der Waals surface area contributed by atoms with Gasteiger partial charge in [-0.25, -0.2) is 4.99 Å². The summed E-state index contributed by atoms with van der Waals surface area (Å²) in [5.41, 5.74) is -0.737. The summed E-state index contributed by atoms with van der Waals surface area (Å²) >= 11 is 0. The van der Waals surface area contributed by atoms with Crippen LogP contribution in [0.5, 0.6) is 0 Å². The quantitative estimate of drug-likeness (QED) is 0.518. The third-order valence-corrected chi connectivity index (χ3v) is 7.23. The number of ether oxygens (including phenoxy) is 1. The molecule has 0 aliphatic carbocycles. The second-order valence-electron chi connectivity index (χ2n) is 11.7. The van der Waals surface area contributed by atoms with E-state index in [1.54, 1.807) is 6.92 Å². The van der Waals surface area contributed by atoms with Crippen LogP contribution in [0.25, 0.3) is 0 Å². The molecule has 2 fully saturated rings. The lowest BCUT2D eigenvalue weighted by Crippen LogP contribution is -2.41. The number of carbonyl (C=O) groups is 2. The Balaban J connectivity index is 1.47. The van der Waals surface area contributed by atoms with Crippen LogP contribution in [0.15, 0.2) is 29.3 Å². The van der Waals surface area contributed by atoms with Crippen molar-refractivity contribution in [2.45, 2.75) is 90.2 Å². The fourth-order valence-electron chi connectivity index (χ4n) is 4.37. The zero-order chi connectivity index (χ0) is 25.1. The van der Waals surface area contributed by atoms with E-state index in [9.17, 15) is 9.59 Å². The monoisotopic (exact) mass is 469 g/mol. The standard InChI is InChI=1S/C25H36BN3O5/c1-22(2,3)32-20(30)15-13-18(27-14-15)19-28-21(31)25(8,29-19)16-9-11-17(12-10-16)26-33-23(4,5)24(6,7)34-26/h9-12,15,18,27H,13-14H2,1-8H3,(H,28,29,31). The first kappa shape index (κ1) is 24.9. The topological polar surface area (TPSA) is 98.2 Å². The molecule has 1 aromatic carbocycles. The third kappa shape index (κ3) is 4.53. The Bertz CT molecular complexity index is 998. The summed E-state index contributed by atoms with van der Waals surface area (Å²) in [5.74, 6) is -0.120. The van der Waals surface area contributed by atoms with E-state index in [4.69, 9.17) is 19.0 Å². The lowest BCUT2D eigenvalue weighted by molar-refractivity contribution is -0.159. The summed E-state index contributed by atoms with van der Waals surface area (Å²) in [5, 5.41) is 6.24. The largest absolute Gasteiger partial charge is 0.494 e. The van der Waals surface area contributed by atoms with Crippen LogP contribution in [0.1, 0.15) is 67.4 Å². The highest BCUT2D eigenvalue weighted by molar-refractivity contribution is 6.62. The molecular weight excluding hydrogens is 433 g/mol. The molecule has 1 amide bonds. The number of carbonyl (C=O) groups excluding carboxylic acids is 2. The van der Waals surface area contributed by atoms with Crippen molar-refractivity contribution in [1.29, 1.82) is 0 Å². The molecule has 8 nitrogen and oxygen atoms in total. The molecule has 2 N–H and O–H groups in total. The van der Waals surface area contributed by atoms with Crippen LogP contribution in [0, 0.1) is 5.92 Å². The molecule has 1 aromatic rings. The van der Waals surface area contributed by atoms with Gasteiger partial charge < -0.3 is 24.7 Å². The number of rotatable bonds is 4. The van der Waals surface area contributed by atoms with E-state index in [2.05, 4.69) is 10.6 Å². The zero-order valence-electron chi connectivity index (χ0n) is 21.4. The number of benzene rings is 1. The number of amides is 1. The van der Waals surface area contributed by atoms with Crippen LogP contribution in [0.4, 0.5) is 0 Å². The second-order valence-corrected chi connectivity index (χ2v) is 11.7. The van der Waals surface area contributed by atoms with Gasteiger partial charge in [0.25, 0.3) is 5.91 Å². The van der Waals surface area contributed by atoms with Gasteiger partial charge >= 0.3 is 13.1 Å². The van der Waals surface area contributed by atoms with Crippen molar-refractivity contribution in [2.75, 3.05) is 6.54 Å². The SMILES string of the molecule is CC(C)(C)OC(=O)C1CNC(C2=NC(C)(c3ccc(B4OC(C)(C)C(C)(C)O4)cc3)C(=O)N2)C1. The fraction of sp³-hybridized carbons (Fsp3) is 0.640. The highest BCUT2D eigenvalue weighted by Gasteiger charge is 2.52. The molecule has 2 saturated heterocycles. The van der Waals surface area contributed by atoms with E-state index in [0.29, 0.717) is 18.8 Å². The van der Waals surface area contributed by atoms with Crippen molar-refractivity contribution in [3.8, 4) is 0 Å². The average molecular weight is 469 g/mol. The smallest absolute Gasteiger partial charge is 0.460 e. The van der Waals surface area contributed by atoms with Crippen LogP contribution < -0.4 is 16.1 Å². The predicted molar refractivity (Wildman–Crippen MR) is 131 cm³/mol. The molecule has 0 bridgehead atoms. The molecule has 34 heavy (non-hydrogen) atoms. The number of nitrogens with one attached hydrogen (secondary N) is 2. The molecular formula is C25H36BN3O5. The Morgan fingerprint density at radius 3 is 2.24 bits per heavy atom. The minimum absolute atomic E-state index is 0.187. The molecule has 184 valence electrons. The molecule has 4 rings (SSSR count). The summed E-state index contributed by atoms with van der Waals surface area (Å²) in [6.45, 7) is 15.9. The lowest BCUT2D eigenvalue weighted by atomic mass is 9.77. The Labute approximate surface area is 202 Å². The van der Waals surface area contributed by atoms with Crippen molar-refractivity contribution >= 4 is 30.3 Å². The van der Waals surface area contributed by atoms with E-state index in [-0.39, 0.29) is 23.8 Å². The predicted octanol–water partition coefficient (Wildman–Crippen LogP) is 2.05. The first-order valence-corrected chi connectivity index (χ1v) is 11.9. The van der Waals surface area contributed by atoms with Gasteiger partial charge in [0.05, 0.1) is 23.2 Å². The van der Waals surface area contributed by atoms with Crippen LogP contribution in [-0.2, 0) is 29.2 Å². The molecule has 3 unspecified atom stereocenters. The Hall–Kier alpha value is -2.23. The number of hydrogen-bond acceptors (Lipinski definition) is 7. The molecule has 3 aliphatic heterocycles. The molecule has 3 aliphatic rings. The first-order chi connectivity index (χ1) is 15.6. The first-order valence-electron chi connectivity index (χ1n) is 11.9. The minimum Gasteiger partial charge on any atom is -0.460 e.